The standard InChI is InChI=1S/C22H19F2N3O3S/c23-14-4-1-3-12(17(14)24)18(28)20(30)27-9-6-15-13(11-27)19(29)26-21(25-15)22(7-8-22)16-5-2-10-31-16/h1-5,10,18,28H,6-9,11H2,(H,25,26,29)/t18-/m0/s1. The number of aliphatic hydroxyl groups is 1. The summed E-state index contributed by atoms with van der Waals surface area (Å²) in [6.07, 6.45) is 0.338. The third-order valence-corrected chi connectivity index (χ3v) is 7.16. The van der Waals surface area contributed by atoms with Gasteiger partial charge in [-0.2, -0.15) is 0 Å². The second-order valence-corrected chi connectivity index (χ2v) is 8.90. The number of benzene rings is 1. The topological polar surface area (TPSA) is 86.3 Å². The lowest BCUT2D eigenvalue weighted by molar-refractivity contribution is -0.141. The maximum Gasteiger partial charge on any atom is 0.256 e. The van der Waals surface area contributed by atoms with Crippen molar-refractivity contribution >= 4 is 17.2 Å². The highest BCUT2D eigenvalue weighted by atomic mass is 32.1. The predicted molar refractivity (Wildman–Crippen MR) is 110 cm³/mol. The zero-order chi connectivity index (χ0) is 21.8. The van der Waals surface area contributed by atoms with Crippen molar-refractivity contribution < 1.29 is 18.7 Å². The molecule has 3 heterocycles. The van der Waals surface area contributed by atoms with E-state index in [0.717, 1.165) is 18.9 Å². The Morgan fingerprint density at radius 2 is 2.06 bits per heavy atom. The van der Waals surface area contributed by atoms with Crippen molar-refractivity contribution in [3.8, 4) is 0 Å². The van der Waals surface area contributed by atoms with Crippen LogP contribution in [0.3, 0.4) is 0 Å². The van der Waals surface area contributed by atoms with Crippen molar-refractivity contribution in [3.63, 3.8) is 0 Å². The molecule has 0 radical (unpaired) electrons. The Morgan fingerprint density at radius 1 is 1.26 bits per heavy atom. The van der Waals surface area contributed by atoms with E-state index in [0.29, 0.717) is 23.5 Å². The number of aromatic nitrogens is 2. The molecule has 1 aliphatic heterocycles. The Morgan fingerprint density at radius 3 is 2.77 bits per heavy atom. The Balaban J connectivity index is 1.41. The number of H-pyrrole nitrogens is 1. The number of hydrogen-bond donors (Lipinski definition) is 2. The Kier molecular flexibility index (Phi) is 4.75. The summed E-state index contributed by atoms with van der Waals surface area (Å²) >= 11 is 1.64. The van der Waals surface area contributed by atoms with Gasteiger partial charge in [0.1, 0.15) is 5.82 Å². The number of halogens is 2. The summed E-state index contributed by atoms with van der Waals surface area (Å²) in [5.74, 6) is -2.52. The monoisotopic (exact) mass is 443 g/mol. The predicted octanol–water partition coefficient (Wildman–Crippen LogP) is 2.81. The number of nitrogens with zero attached hydrogens (tertiary/aromatic N) is 2. The van der Waals surface area contributed by atoms with E-state index in [4.69, 9.17) is 4.98 Å². The second kappa shape index (κ2) is 7.35. The first-order valence-corrected chi connectivity index (χ1v) is 10.9. The summed E-state index contributed by atoms with van der Waals surface area (Å²) in [7, 11) is 0. The van der Waals surface area contributed by atoms with E-state index in [9.17, 15) is 23.5 Å². The van der Waals surface area contributed by atoms with Crippen molar-refractivity contribution in [1.82, 2.24) is 14.9 Å². The highest BCUT2D eigenvalue weighted by Crippen LogP contribution is 2.53. The van der Waals surface area contributed by atoms with E-state index in [1.54, 1.807) is 11.3 Å². The Hall–Kier alpha value is -2.91. The summed E-state index contributed by atoms with van der Waals surface area (Å²) in [6.45, 7) is 0.179. The van der Waals surface area contributed by atoms with Crippen LogP contribution in [0.25, 0.3) is 0 Å². The minimum Gasteiger partial charge on any atom is -0.378 e. The molecule has 0 bridgehead atoms. The maximum absolute atomic E-state index is 14.0. The van der Waals surface area contributed by atoms with Gasteiger partial charge in [-0.3, -0.25) is 9.59 Å². The van der Waals surface area contributed by atoms with Gasteiger partial charge in [-0.1, -0.05) is 18.2 Å². The number of carbonyl (C=O) groups excluding carboxylic acids is 1. The van der Waals surface area contributed by atoms with E-state index in [2.05, 4.69) is 4.98 Å². The van der Waals surface area contributed by atoms with E-state index in [1.807, 2.05) is 17.5 Å². The lowest BCUT2D eigenvalue weighted by atomic mass is 10.0. The van der Waals surface area contributed by atoms with Crippen LogP contribution in [0.15, 0.2) is 40.5 Å². The van der Waals surface area contributed by atoms with Gasteiger partial charge in [-0.25, -0.2) is 13.8 Å². The van der Waals surface area contributed by atoms with E-state index < -0.39 is 29.2 Å². The zero-order valence-electron chi connectivity index (χ0n) is 16.4. The van der Waals surface area contributed by atoms with Crippen LogP contribution in [-0.2, 0) is 23.2 Å². The third kappa shape index (κ3) is 3.28. The average molecular weight is 443 g/mol. The third-order valence-electron chi connectivity index (χ3n) is 6.09. The number of fused-ring (bicyclic) bond motifs is 1. The molecule has 2 N–H and O–H groups in total. The lowest BCUT2D eigenvalue weighted by Gasteiger charge is -2.30. The van der Waals surface area contributed by atoms with E-state index in [1.165, 1.54) is 21.9 Å². The van der Waals surface area contributed by atoms with Crippen molar-refractivity contribution in [2.75, 3.05) is 6.54 Å². The fourth-order valence-corrected chi connectivity index (χ4v) is 5.14. The molecule has 2 aromatic heterocycles. The average Bonchev–Trinajstić information content (AvgIpc) is 3.40. The van der Waals surface area contributed by atoms with Crippen LogP contribution >= 0.6 is 11.3 Å². The number of carbonyl (C=O) groups is 1. The number of hydrogen-bond acceptors (Lipinski definition) is 5. The molecule has 0 unspecified atom stereocenters. The van der Waals surface area contributed by atoms with Crippen LogP contribution in [0.2, 0.25) is 0 Å². The minimum absolute atomic E-state index is 0.0449. The van der Waals surface area contributed by atoms with Crippen molar-refractivity contribution in [2.45, 2.75) is 37.3 Å². The maximum atomic E-state index is 14.0. The fraction of sp³-hybridized carbons (Fsp3) is 0.318. The van der Waals surface area contributed by atoms with Crippen LogP contribution in [0.4, 0.5) is 8.78 Å². The molecule has 1 saturated carbocycles. The van der Waals surface area contributed by atoms with E-state index in [-0.39, 0.29) is 24.1 Å². The van der Waals surface area contributed by atoms with Crippen LogP contribution in [0.1, 0.15) is 46.5 Å². The smallest absolute Gasteiger partial charge is 0.256 e. The van der Waals surface area contributed by atoms with Crippen molar-refractivity contribution in [3.05, 3.63) is 85.2 Å². The number of aliphatic hydroxyl groups excluding tert-OH is 1. The van der Waals surface area contributed by atoms with Crippen LogP contribution in [0.5, 0.6) is 0 Å². The number of aromatic amines is 1. The first-order valence-electron chi connectivity index (χ1n) is 9.98. The highest BCUT2D eigenvalue weighted by molar-refractivity contribution is 7.10. The summed E-state index contributed by atoms with van der Waals surface area (Å²) in [6, 6.07) is 7.34. The first-order chi connectivity index (χ1) is 14.9. The summed E-state index contributed by atoms with van der Waals surface area (Å²) < 4.78 is 27.5. The van der Waals surface area contributed by atoms with Crippen LogP contribution < -0.4 is 5.56 Å². The molecule has 1 atom stereocenters. The lowest BCUT2D eigenvalue weighted by Crippen LogP contribution is -2.42. The number of thiophene rings is 1. The quantitative estimate of drug-likeness (QED) is 0.649. The van der Waals surface area contributed by atoms with Crippen LogP contribution in [-0.4, -0.2) is 32.4 Å². The van der Waals surface area contributed by atoms with Crippen molar-refractivity contribution in [1.29, 1.82) is 0 Å². The largest absolute Gasteiger partial charge is 0.378 e. The molecule has 5 rings (SSSR count). The van der Waals surface area contributed by atoms with Gasteiger partial charge in [0.15, 0.2) is 17.7 Å². The molecule has 9 heteroatoms. The summed E-state index contributed by atoms with van der Waals surface area (Å²) in [4.78, 5) is 35.6. The Labute approximate surface area is 180 Å². The molecule has 2 aliphatic rings. The molecule has 1 amide bonds. The van der Waals surface area contributed by atoms with Gasteiger partial charge in [-0.05, 0) is 30.4 Å². The molecular weight excluding hydrogens is 424 g/mol. The zero-order valence-corrected chi connectivity index (χ0v) is 17.2. The number of nitrogens with one attached hydrogen (secondary N) is 1. The molecule has 1 fully saturated rings. The highest BCUT2D eigenvalue weighted by Gasteiger charge is 2.49. The first kappa shape index (κ1) is 20.0. The minimum atomic E-state index is -1.85. The van der Waals surface area contributed by atoms with Gasteiger partial charge >= 0.3 is 0 Å². The number of amides is 1. The molecule has 1 aromatic carbocycles. The second-order valence-electron chi connectivity index (χ2n) is 7.95. The van der Waals surface area contributed by atoms with Gasteiger partial charge in [0.2, 0.25) is 0 Å². The van der Waals surface area contributed by atoms with Gasteiger partial charge < -0.3 is 15.0 Å². The van der Waals surface area contributed by atoms with Crippen LogP contribution in [0, 0.1) is 11.6 Å². The van der Waals surface area contributed by atoms with Gasteiger partial charge in [0.05, 0.1) is 23.2 Å². The molecule has 31 heavy (non-hydrogen) atoms. The van der Waals surface area contributed by atoms with Gasteiger partial charge in [0, 0.05) is 23.4 Å². The van der Waals surface area contributed by atoms with E-state index >= 15 is 0 Å². The van der Waals surface area contributed by atoms with Gasteiger partial charge in [-0.15, -0.1) is 11.3 Å². The molecule has 160 valence electrons. The van der Waals surface area contributed by atoms with Gasteiger partial charge in [0.25, 0.3) is 11.5 Å². The molecular formula is C22H19F2N3O3S. The molecule has 0 spiro atoms. The molecule has 3 aromatic rings. The molecule has 6 nitrogen and oxygen atoms in total. The fourth-order valence-electron chi connectivity index (χ4n) is 4.15. The summed E-state index contributed by atoms with van der Waals surface area (Å²) in [5.41, 5.74) is 0.0197. The molecule has 0 saturated heterocycles. The molecule has 1 aliphatic carbocycles. The Bertz CT molecular complexity index is 1220. The number of rotatable bonds is 4. The normalized spacial score (nSPS) is 17.8. The summed E-state index contributed by atoms with van der Waals surface area (Å²) in [5, 5.41) is 12.3. The SMILES string of the molecule is O=C([C@@H](O)c1cccc(F)c1F)N1CCc2nc(C3(c4cccs4)CC3)[nH]c(=O)c2C1. The van der Waals surface area contributed by atoms with Crippen molar-refractivity contribution in [2.24, 2.45) is 0 Å².